The molecule has 5 nitrogen and oxygen atoms in total. The lowest BCUT2D eigenvalue weighted by atomic mass is 10.1. The van der Waals surface area contributed by atoms with Crippen LogP contribution in [-0.4, -0.2) is 22.9 Å². The molecule has 0 fully saturated rings. The quantitative estimate of drug-likeness (QED) is 0.784. The van der Waals surface area contributed by atoms with Crippen LogP contribution < -0.4 is 5.73 Å². The summed E-state index contributed by atoms with van der Waals surface area (Å²) in [6, 6.07) is -0.220. The number of nitrogens with two attached hydrogens (primary N) is 1. The van der Waals surface area contributed by atoms with Crippen LogP contribution in [0.1, 0.15) is 38.6 Å². The van der Waals surface area contributed by atoms with Gasteiger partial charge in [0, 0.05) is 7.11 Å². The molecule has 0 aromatic carbocycles. The highest BCUT2D eigenvalue weighted by atomic mass is 16.5. The van der Waals surface area contributed by atoms with E-state index in [1.165, 1.54) is 0 Å². The van der Waals surface area contributed by atoms with Crippen molar-refractivity contribution in [1.82, 2.24) is 10.2 Å². The van der Waals surface area contributed by atoms with E-state index in [4.69, 9.17) is 14.9 Å². The first-order valence-electron chi connectivity index (χ1n) is 4.57. The minimum Gasteiger partial charge on any atom is -0.423 e. The average molecular weight is 199 g/mol. The molecule has 0 amide bonds. The Morgan fingerprint density at radius 2 is 2.14 bits per heavy atom. The molecule has 0 radical (unpaired) electrons. The third kappa shape index (κ3) is 2.78. The van der Waals surface area contributed by atoms with Gasteiger partial charge in [-0.1, -0.05) is 0 Å². The largest absolute Gasteiger partial charge is 0.423 e. The van der Waals surface area contributed by atoms with Gasteiger partial charge in [-0.05, 0) is 20.8 Å². The van der Waals surface area contributed by atoms with Gasteiger partial charge in [0.1, 0.15) is 0 Å². The summed E-state index contributed by atoms with van der Waals surface area (Å²) in [6.07, 6.45) is 0.587. The molecule has 14 heavy (non-hydrogen) atoms. The second-order valence-electron chi connectivity index (χ2n) is 3.96. The van der Waals surface area contributed by atoms with E-state index in [0.717, 1.165) is 0 Å². The van der Waals surface area contributed by atoms with Crippen molar-refractivity contribution in [3.63, 3.8) is 0 Å². The summed E-state index contributed by atoms with van der Waals surface area (Å²) in [7, 11) is 1.66. The van der Waals surface area contributed by atoms with Crippen molar-refractivity contribution in [2.24, 2.45) is 5.73 Å². The van der Waals surface area contributed by atoms with Gasteiger partial charge in [-0.25, -0.2) is 0 Å². The summed E-state index contributed by atoms with van der Waals surface area (Å²) in [5, 5.41) is 7.73. The third-order valence-corrected chi connectivity index (χ3v) is 2.00. The van der Waals surface area contributed by atoms with E-state index in [9.17, 15) is 0 Å². The Hall–Kier alpha value is -0.940. The highest BCUT2D eigenvalue weighted by Gasteiger charge is 2.21. The van der Waals surface area contributed by atoms with Gasteiger partial charge in [0.25, 0.3) is 0 Å². The first-order chi connectivity index (χ1) is 6.44. The summed E-state index contributed by atoms with van der Waals surface area (Å²) in [5.74, 6) is 1.02. The molecule has 1 aromatic heterocycles. The summed E-state index contributed by atoms with van der Waals surface area (Å²) in [5.41, 5.74) is 5.31. The topological polar surface area (TPSA) is 74.2 Å². The van der Waals surface area contributed by atoms with Crippen LogP contribution in [0.25, 0.3) is 0 Å². The van der Waals surface area contributed by atoms with Crippen LogP contribution in [0.2, 0.25) is 0 Å². The Bertz CT molecular complexity index is 294. The van der Waals surface area contributed by atoms with Gasteiger partial charge in [0.15, 0.2) is 0 Å². The summed E-state index contributed by atoms with van der Waals surface area (Å²) in [4.78, 5) is 0. The van der Waals surface area contributed by atoms with Gasteiger partial charge in [-0.3, -0.25) is 0 Å². The van der Waals surface area contributed by atoms with Crippen molar-refractivity contribution < 1.29 is 9.15 Å². The molecule has 1 heterocycles. The SMILES string of the molecule is COC(C)(C)Cc1nnc(C(C)N)o1. The maximum Gasteiger partial charge on any atom is 0.232 e. The first kappa shape index (κ1) is 11.1. The zero-order valence-electron chi connectivity index (χ0n) is 9.07. The van der Waals surface area contributed by atoms with Crippen LogP contribution in [0.3, 0.4) is 0 Å². The average Bonchev–Trinajstić information content (AvgIpc) is 2.52. The molecule has 1 aromatic rings. The van der Waals surface area contributed by atoms with Crippen LogP contribution in [0.4, 0.5) is 0 Å². The lowest BCUT2D eigenvalue weighted by molar-refractivity contribution is 0.0178. The van der Waals surface area contributed by atoms with Gasteiger partial charge in [-0.2, -0.15) is 0 Å². The Balaban J connectivity index is 2.69. The van der Waals surface area contributed by atoms with E-state index in [-0.39, 0.29) is 11.6 Å². The molecule has 1 unspecified atom stereocenters. The van der Waals surface area contributed by atoms with Crippen molar-refractivity contribution in [3.8, 4) is 0 Å². The van der Waals surface area contributed by atoms with Crippen molar-refractivity contribution in [2.45, 2.75) is 38.8 Å². The second kappa shape index (κ2) is 4.06. The normalized spacial score (nSPS) is 14.4. The molecule has 5 heteroatoms. The van der Waals surface area contributed by atoms with Gasteiger partial charge >= 0.3 is 0 Å². The van der Waals surface area contributed by atoms with Gasteiger partial charge in [0.05, 0.1) is 18.1 Å². The fourth-order valence-corrected chi connectivity index (χ4v) is 0.958. The molecule has 0 aliphatic rings. The van der Waals surface area contributed by atoms with Crippen molar-refractivity contribution in [3.05, 3.63) is 11.8 Å². The molecule has 0 aliphatic carbocycles. The van der Waals surface area contributed by atoms with E-state index >= 15 is 0 Å². The Labute approximate surface area is 83.6 Å². The van der Waals surface area contributed by atoms with Gasteiger partial charge < -0.3 is 14.9 Å². The summed E-state index contributed by atoms with van der Waals surface area (Å²) in [6.45, 7) is 5.73. The number of rotatable bonds is 4. The first-order valence-corrected chi connectivity index (χ1v) is 4.57. The molecule has 2 N–H and O–H groups in total. The number of aromatic nitrogens is 2. The zero-order chi connectivity index (χ0) is 10.8. The predicted molar refractivity (Wildman–Crippen MR) is 51.7 cm³/mol. The minimum absolute atomic E-state index is 0.220. The number of hydrogen-bond acceptors (Lipinski definition) is 5. The summed E-state index contributed by atoms with van der Waals surface area (Å²) >= 11 is 0. The van der Waals surface area contributed by atoms with Gasteiger partial charge in [-0.15, -0.1) is 10.2 Å². The monoisotopic (exact) mass is 199 g/mol. The third-order valence-electron chi connectivity index (χ3n) is 2.00. The molecule has 0 saturated carbocycles. The number of nitrogens with zero attached hydrogens (tertiary/aromatic N) is 2. The predicted octanol–water partition coefficient (Wildman–Crippen LogP) is 1.06. The van der Waals surface area contributed by atoms with E-state index in [1.807, 2.05) is 13.8 Å². The van der Waals surface area contributed by atoms with E-state index in [0.29, 0.717) is 18.2 Å². The van der Waals surface area contributed by atoms with E-state index in [1.54, 1.807) is 14.0 Å². The van der Waals surface area contributed by atoms with Crippen LogP contribution in [-0.2, 0) is 11.2 Å². The molecule has 1 atom stereocenters. The number of hydrogen-bond donors (Lipinski definition) is 1. The standard InChI is InChI=1S/C9H17N3O2/c1-6(10)8-12-11-7(14-8)5-9(2,3)13-4/h6H,5,10H2,1-4H3. The Kier molecular flexibility index (Phi) is 3.23. The molecular weight excluding hydrogens is 182 g/mol. The molecule has 1 rings (SSSR count). The van der Waals surface area contributed by atoms with Crippen molar-refractivity contribution in [2.75, 3.05) is 7.11 Å². The fraction of sp³-hybridized carbons (Fsp3) is 0.778. The molecule has 0 aliphatic heterocycles. The molecule has 0 bridgehead atoms. The molecule has 0 spiro atoms. The maximum absolute atomic E-state index is 5.60. The Morgan fingerprint density at radius 1 is 1.50 bits per heavy atom. The second-order valence-corrected chi connectivity index (χ2v) is 3.96. The van der Waals surface area contributed by atoms with E-state index in [2.05, 4.69) is 10.2 Å². The minimum atomic E-state index is -0.290. The molecule has 0 saturated heterocycles. The van der Waals surface area contributed by atoms with Gasteiger partial charge in [0.2, 0.25) is 11.8 Å². The smallest absolute Gasteiger partial charge is 0.232 e. The van der Waals surface area contributed by atoms with Crippen LogP contribution in [0.15, 0.2) is 4.42 Å². The van der Waals surface area contributed by atoms with Crippen LogP contribution in [0, 0.1) is 0 Å². The zero-order valence-corrected chi connectivity index (χ0v) is 9.07. The Morgan fingerprint density at radius 3 is 2.57 bits per heavy atom. The highest BCUT2D eigenvalue weighted by molar-refractivity contribution is 4.90. The number of methoxy groups -OCH3 is 1. The highest BCUT2D eigenvalue weighted by Crippen LogP contribution is 2.16. The van der Waals surface area contributed by atoms with Crippen LogP contribution >= 0.6 is 0 Å². The lowest BCUT2D eigenvalue weighted by Gasteiger charge is -2.20. The van der Waals surface area contributed by atoms with Crippen LogP contribution in [0.5, 0.6) is 0 Å². The van der Waals surface area contributed by atoms with E-state index < -0.39 is 0 Å². The molecular formula is C9H17N3O2. The summed E-state index contributed by atoms with van der Waals surface area (Å²) < 4.78 is 10.6. The van der Waals surface area contributed by atoms with Crippen molar-refractivity contribution in [1.29, 1.82) is 0 Å². The lowest BCUT2D eigenvalue weighted by Crippen LogP contribution is -2.25. The molecule has 80 valence electrons. The number of ether oxygens (including phenoxy) is 1. The van der Waals surface area contributed by atoms with Crippen molar-refractivity contribution >= 4 is 0 Å². The fourth-order valence-electron chi connectivity index (χ4n) is 0.958. The maximum atomic E-state index is 5.60.